The number of nitrogens with two attached hydrogens (primary N) is 1. The van der Waals surface area contributed by atoms with Crippen LogP contribution in [0.4, 0.5) is 0 Å². The Kier molecular flexibility index (Phi) is 5.44. The minimum atomic E-state index is -0.360. The maximum absolute atomic E-state index is 12.5. The summed E-state index contributed by atoms with van der Waals surface area (Å²) in [6.45, 7) is 6.75. The molecule has 0 aromatic carbocycles. The summed E-state index contributed by atoms with van der Waals surface area (Å²) in [7, 11) is 0. The van der Waals surface area contributed by atoms with E-state index in [0.29, 0.717) is 12.6 Å². The van der Waals surface area contributed by atoms with Crippen LogP contribution in [-0.2, 0) is 4.79 Å². The quantitative estimate of drug-likeness (QED) is 0.781. The summed E-state index contributed by atoms with van der Waals surface area (Å²) in [5, 5.41) is 3.27. The zero-order valence-electron chi connectivity index (χ0n) is 13.2. The van der Waals surface area contributed by atoms with E-state index in [0.717, 1.165) is 38.4 Å². The van der Waals surface area contributed by atoms with Gasteiger partial charge in [-0.15, -0.1) is 0 Å². The molecule has 0 radical (unpaired) electrons. The van der Waals surface area contributed by atoms with Crippen LogP contribution in [0.15, 0.2) is 0 Å². The Balaban J connectivity index is 1.86. The third-order valence-corrected chi connectivity index (χ3v) is 5.62. The lowest BCUT2D eigenvalue weighted by Gasteiger charge is -2.30. The van der Waals surface area contributed by atoms with Gasteiger partial charge in [0.05, 0.1) is 5.41 Å². The van der Waals surface area contributed by atoms with Gasteiger partial charge in [0.2, 0.25) is 5.91 Å². The van der Waals surface area contributed by atoms with Crippen LogP contribution in [0.2, 0.25) is 0 Å². The normalized spacial score (nSPS) is 25.2. The van der Waals surface area contributed by atoms with Crippen molar-refractivity contribution in [3.8, 4) is 0 Å². The van der Waals surface area contributed by atoms with Crippen molar-refractivity contribution in [1.82, 2.24) is 10.2 Å². The largest absolute Gasteiger partial charge is 0.352 e. The zero-order valence-corrected chi connectivity index (χ0v) is 13.2. The number of nitrogens with one attached hydrogen (secondary N) is 1. The maximum atomic E-state index is 12.5. The minimum absolute atomic E-state index is 0.170. The molecule has 1 saturated carbocycles. The summed E-state index contributed by atoms with van der Waals surface area (Å²) in [5.41, 5.74) is 5.50. The molecule has 3 N–H and O–H groups in total. The van der Waals surface area contributed by atoms with E-state index in [9.17, 15) is 4.79 Å². The number of hydrogen-bond donors (Lipinski definition) is 2. The van der Waals surface area contributed by atoms with Gasteiger partial charge in [-0.05, 0) is 32.1 Å². The smallest absolute Gasteiger partial charge is 0.227 e. The average molecular weight is 281 g/mol. The first kappa shape index (κ1) is 15.8. The van der Waals surface area contributed by atoms with Crippen molar-refractivity contribution in [1.29, 1.82) is 0 Å². The van der Waals surface area contributed by atoms with Crippen LogP contribution in [0.1, 0.15) is 58.8 Å². The Morgan fingerprint density at radius 2 is 1.90 bits per heavy atom. The van der Waals surface area contributed by atoms with E-state index < -0.39 is 0 Å². The van der Waals surface area contributed by atoms with E-state index in [-0.39, 0.29) is 11.3 Å². The van der Waals surface area contributed by atoms with Crippen LogP contribution in [0, 0.1) is 5.41 Å². The second-order valence-corrected chi connectivity index (χ2v) is 6.58. The highest BCUT2D eigenvalue weighted by atomic mass is 16.2. The van der Waals surface area contributed by atoms with Crippen LogP contribution in [-0.4, -0.2) is 42.5 Å². The molecular formula is C16H31N3O. The van der Waals surface area contributed by atoms with Crippen molar-refractivity contribution in [2.75, 3.05) is 19.6 Å². The number of nitrogens with zero attached hydrogens (tertiary/aromatic N) is 1. The van der Waals surface area contributed by atoms with E-state index in [1.165, 1.54) is 25.7 Å². The number of likely N-dealkylation sites (tertiary alicyclic amines) is 1. The van der Waals surface area contributed by atoms with Gasteiger partial charge in [0.15, 0.2) is 0 Å². The molecule has 0 aromatic rings. The van der Waals surface area contributed by atoms with Crippen molar-refractivity contribution in [3.63, 3.8) is 0 Å². The second kappa shape index (κ2) is 6.90. The van der Waals surface area contributed by atoms with E-state index in [1.54, 1.807) is 0 Å². The van der Waals surface area contributed by atoms with E-state index in [1.807, 2.05) is 0 Å². The molecule has 2 rings (SSSR count). The highest BCUT2D eigenvalue weighted by Crippen LogP contribution is 2.28. The van der Waals surface area contributed by atoms with Gasteiger partial charge in [0.25, 0.3) is 0 Å². The standard InChI is InChI=1S/C16H31N3O/c1-3-16(4-2,12-17)15(20)18-13-9-10-19(11-13)14-7-5-6-8-14/h13-14H,3-12,17H2,1-2H3,(H,18,20). The van der Waals surface area contributed by atoms with Crippen LogP contribution < -0.4 is 11.1 Å². The Bertz CT molecular complexity index is 313. The SMILES string of the molecule is CCC(CC)(CN)C(=O)NC1CCN(C2CCCC2)C1. The number of carbonyl (C=O) groups is 1. The minimum Gasteiger partial charge on any atom is -0.352 e. The third-order valence-electron chi connectivity index (χ3n) is 5.62. The number of amides is 1. The zero-order chi connectivity index (χ0) is 14.6. The second-order valence-electron chi connectivity index (χ2n) is 6.58. The third kappa shape index (κ3) is 3.17. The summed E-state index contributed by atoms with van der Waals surface area (Å²) in [6.07, 6.45) is 8.18. The van der Waals surface area contributed by atoms with E-state index >= 15 is 0 Å². The predicted molar refractivity (Wildman–Crippen MR) is 82.4 cm³/mol. The first-order valence-electron chi connectivity index (χ1n) is 8.40. The number of rotatable bonds is 6. The summed E-state index contributed by atoms with van der Waals surface area (Å²) in [4.78, 5) is 15.1. The Morgan fingerprint density at radius 3 is 2.45 bits per heavy atom. The average Bonchev–Trinajstić information content (AvgIpc) is 3.11. The molecule has 4 heteroatoms. The molecule has 4 nitrogen and oxygen atoms in total. The van der Waals surface area contributed by atoms with Crippen molar-refractivity contribution in [2.24, 2.45) is 11.1 Å². The van der Waals surface area contributed by atoms with Crippen molar-refractivity contribution >= 4 is 5.91 Å². The van der Waals surface area contributed by atoms with Gasteiger partial charge in [-0.2, -0.15) is 0 Å². The lowest BCUT2D eigenvalue weighted by molar-refractivity contribution is -0.131. The van der Waals surface area contributed by atoms with Gasteiger partial charge in [-0.3, -0.25) is 9.69 Å². The molecule has 0 bridgehead atoms. The molecule has 1 atom stereocenters. The fourth-order valence-corrected chi connectivity index (χ4v) is 3.80. The molecule has 1 unspecified atom stereocenters. The topological polar surface area (TPSA) is 58.4 Å². The van der Waals surface area contributed by atoms with Crippen molar-refractivity contribution in [3.05, 3.63) is 0 Å². The lowest BCUT2D eigenvalue weighted by atomic mass is 9.81. The molecule has 1 aliphatic heterocycles. The van der Waals surface area contributed by atoms with Crippen LogP contribution in [0.25, 0.3) is 0 Å². The monoisotopic (exact) mass is 281 g/mol. The van der Waals surface area contributed by atoms with Crippen LogP contribution in [0.3, 0.4) is 0 Å². The first-order valence-corrected chi connectivity index (χ1v) is 8.40. The molecule has 0 aromatic heterocycles. The Morgan fingerprint density at radius 1 is 1.25 bits per heavy atom. The highest BCUT2D eigenvalue weighted by molar-refractivity contribution is 5.83. The maximum Gasteiger partial charge on any atom is 0.227 e. The first-order chi connectivity index (χ1) is 9.65. The van der Waals surface area contributed by atoms with E-state index in [2.05, 4.69) is 24.1 Å². The molecule has 0 spiro atoms. The molecule has 1 aliphatic carbocycles. The van der Waals surface area contributed by atoms with E-state index in [4.69, 9.17) is 5.73 Å². The van der Waals surface area contributed by atoms with Gasteiger partial charge < -0.3 is 11.1 Å². The summed E-state index contributed by atoms with van der Waals surface area (Å²) in [5.74, 6) is 0.170. The fraction of sp³-hybridized carbons (Fsp3) is 0.938. The van der Waals surface area contributed by atoms with Crippen LogP contribution >= 0.6 is 0 Å². The number of carbonyl (C=O) groups excluding carboxylic acids is 1. The van der Waals surface area contributed by atoms with Crippen molar-refractivity contribution < 1.29 is 4.79 Å². The molecule has 20 heavy (non-hydrogen) atoms. The fourth-order valence-electron chi connectivity index (χ4n) is 3.80. The molecule has 1 saturated heterocycles. The lowest BCUT2D eigenvalue weighted by Crippen LogP contribution is -2.49. The molecule has 2 fully saturated rings. The van der Waals surface area contributed by atoms with Gasteiger partial charge in [-0.25, -0.2) is 0 Å². The molecule has 2 aliphatic rings. The highest BCUT2D eigenvalue weighted by Gasteiger charge is 2.37. The van der Waals surface area contributed by atoms with Crippen LogP contribution in [0.5, 0.6) is 0 Å². The van der Waals surface area contributed by atoms with Crippen molar-refractivity contribution in [2.45, 2.75) is 70.9 Å². The molecule has 1 amide bonds. The van der Waals surface area contributed by atoms with Gasteiger partial charge in [0.1, 0.15) is 0 Å². The predicted octanol–water partition coefficient (Wildman–Crippen LogP) is 1.88. The summed E-state index contributed by atoms with van der Waals surface area (Å²) < 4.78 is 0. The number of hydrogen-bond acceptors (Lipinski definition) is 3. The van der Waals surface area contributed by atoms with Gasteiger partial charge in [-0.1, -0.05) is 26.7 Å². The molecule has 116 valence electrons. The molecule has 1 heterocycles. The summed E-state index contributed by atoms with van der Waals surface area (Å²) >= 11 is 0. The Hall–Kier alpha value is -0.610. The summed E-state index contributed by atoms with van der Waals surface area (Å²) in [6, 6.07) is 1.10. The van der Waals surface area contributed by atoms with Gasteiger partial charge in [0, 0.05) is 31.7 Å². The molecular weight excluding hydrogens is 250 g/mol. The van der Waals surface area contributed by atoms with Gasteiger partial charge >= 0.3 is 0 Å². The Labute approximate surface area is 123 Å².